The van der Waals surface area contributed by atoms with Crippen LogP contribution in [0.25, 0.3) is 11.6 Å². The van der Waals surface area contributed by atoms with Crippen molar-refractivity contribution in [2.75, 3.05) is 32.8 Å². The Morgan fingerprint density at radius 2 is 2.29 bits per heavy atom. The molecule has 0 saturated heterocycles. The first-order chi connectivity index (χ1) is 11.8. The maximum atomic E-state index is 5.31. The number of ether oxygens (including phenoxy) is 1. The first-order valence-corrected chi connectivity index (χ1v) is 8.38. The van der Waals surface area contributed by atoms with Crippen LogP contribution in [0.15, 0.2) is 27.8 Å². The molecular weight excluding hydrogens is 308 g/mol. The van der Waals surface area contributed by atoms with Gasteiger partial charge in [0.15, 0.2) is 11.7 Å². The fraction of sp³-hybridized carbons (Fsp3) is 0.562. The Hall–Kier alpha value is -2.35. The van der Waals surface area contributed by atoms with Crippen LogP contribution in [0.2, 0.25) is 0 Å². The number of guanidine groups is 1. The molecule has 0 saturated carbocycles. The zero-order valence-electron chi connectivity index (χ0n) is 14.3. The molecule has 0 radical (unpaired) electrons. The monoisotopic (exact) mass is 334 g/mol. The minimum absolute atomic E-state index is 0.575. The van der Waals surface area contributed by atoms with Crippen molar-refractivity contribution in [2.24, 2.45) is 4.99 Å². The van der Waals surface area contributed by atoms with Crippen LogP contribution < -0.4 is 10.6 Å². The smallest absolute Gasteiger partial charge is 0.216 e. The minimum Gasteiger partial charge on any atom is -0.461 e. The summed E-state index contributed by atoms with van der Waals surface area (Å²) in [5, 5.41) is 13.6. The van der Waals surface area contributed by atoms with E-state index in [1.807, 2.05) is 26.0 Å². The third-order valence-corrected chi connectivity index (χ3v) is 3.19. The van der Waals surface area contributed by atoms with Gasteiger partial charge in [0.25, 0.3) is 0 Å². The van der Waals surface area contributed by atoms with Gasteiger partial charge in [-0.25, -0.2) is 4.98 Å². The molecule has 0 bridgehead atoms. The number of H-pyrrole nitrogens is 1. The van der Waals surface area contributed by atoms with Crippen LogP contribution in [0.5, 0.6) is 0 Å². The predicted molar refractivity (Wildman–Crippen MR) is 92.9 cm³/mol. The van der Waals surface area contributed by atoms with Crippen LogP contribution in [0.1, 0.15) is 26.1 Å². The molecule has 8 nitrogen and oxygen atoms in total. The van der Waals surface area contributed by atoms with Gasteiger partial charge in [-0.1, -0.05) is 0 Å². The normalized spacial score (nSPS) is 11.7. The molecule has 0 fully saturated rings. The predicted octanol–water partition coefficient (Wildman–Crippen LogP) is 1.59. The molecule has 3 N–H and O–H groups in total. The molecule has 132 valence electrons. The van der Waals surface area contributed by atoms with E-state index in [-0.39, 0.29) is 0 Å². The lowest BCUT2D eigenvalue weighted by atomic mass is 10.4. The average molecular weight is 334 g/mol. The van der Waals surface area contributed by atoms with Crippen molar-refractivity contribution in [3.63, 3.8) is 0 Å². The number of nitrogens with zero attached hydrogens (tertiary/aromatic N) is 3. The number of nitrogens with one attached hydrogen (secondary N) is 3. The highest BCUT2D eigenvalue weighted by atomic mass is 16.5. The number of furan rings is 1. The summed E-state index contributed by atoms with van der Waals surface area (Å²) in [7, 11) is 0. The summed E-state index contributed by atoms with van der Waals surface area (Å²) in [5.74, 6) is 2.85. The highest BCUT2D eigenvalue weighted by Crippen LogP contribution is 2.14. The quantitative estimate of drug-likeness (QED) is 0.346. The molecule has 8 heteroatoms. The molecule has 2 aromatic heterocycles. The number of aromatic nitrogens is 3. The van der Waals surface area contributed by atoms with Gasteiger partial charge in [-0.05, 0) is 32.4 Å². The molecule has 0 aliphatic heterocycles. The van der Waals surface area contributed by atoms with E-state index in [4.69, 9.17) is 9.15 Å². The van der Waals surface area contributed by atoms with E-state index in [0.717, 1.165) is 50.9 Å². The van der Waals surface area contributed by atoms with Crippen molar-refractivity contribution in [1.82, 2.24) is 25.8 Å². The Morgan fingerprint density at radius 1 is 1.38 bits per heavy atom. The third-order valence-electron chi connectivity index (χ3n) is 3.19. The van der Waals surface area contributed by atoms with E-state index in [1.54, 1.807) is 6.26 Å². The lowest BCUT2D eigenvalue weighted by molar-refractivity contribution is 0.146. The van der Waals surface area contributed by atoms with Crippen molar-refractivity contribution in [2.45, 2.75) is 26.7 Å². The molecular formula is C16H26N6O2. The Bertz CT molecular complexity index is 593. The zero-order valence-corrected chi connectivity index (χ0v) is 14.3. The Balaban J connectivity index is 1.74. The standard InChI is InChI=1S/C16H26N6O2/c1-3-17-16(18-9-6-11-23-4-2)19-10-8-14-20-15(22-21-14)13-7-5-12-24-13/h5,7,12H,3-4,6,8-11H2,1-2H3,(H2,17,18,19)(H,20,21,22). The number of aliphatic imine (C=N–C) groups is 1. The van der Waals surface area contributed by atoms with Crippen LogP contribution >= 0.6 is 0 Å². The average Bonchev–Trinajstić information content (AvgIpc) is 3.26. The van der Waals surface area contributed by atoms with Crippen LogP contribution in [0.3, 0.4) is 0 Å². The number of aromatic amines is 1. The summed E-state index contributed by atoms with van der Waals surface area (Å²) in [6.45, 7) is 7.80. The van der Waals surface area contributed by atoms with Crippen LogP contribution in [0.4, 0.5) is 0 Å². The number of hydrogen-bond donors (Lipinski definition) is 3. The maximum absolute atomic E-state index is 5.31. The SMILES string of the molecule is CCNC(=NCCCOCC)NCCc1nc(-c2ccco2)n[nH]1. The zero-order chi connectivity index (χ0) is 17.0. The molecule has 2 aromatic rings. The largest absolute Gasteiger partial charge is 0.461 e. The van der Waals surface area contributed by atoms with Crippen molar-refractivity contribution < 1.29 is 9.15 Å². The van der Waals surface area contributed by atoms with Gasteiger partial charge in [-0.3, -0.25) is 10.1 Å². The third kappa shape index (κ3) is 6.04. The highest BCUT2D eigenvalue weighted by molar-refractivity contribution is 5.79. The summed E-state index contributed by atoms with van der Waals surface area (Å²) in [6, 6.07) is 3.65. The first-order valence-electron chi connectivity index (χ1n) is 8.38. The summed E-state index contributed by atoms with van der Waals surface area (Å²) >= 11 is 0. The van der Waals surface area contributed by atoms with Gasteiger partial charge >= 0.3 is 0 Å². The van der Waals surface area contributed by atoms with Gasteiger partial charge in [0.05, 0.1) is 6.26 Å². The lowest BCUT2D eigenvalue weighted by Crippen LogP contribution is -2.38. The van der Waals surface area contributed by atoms with Crippen molar-refractivity contribution in [3.05, 3.63) is 24.2 Å². The van der Waals surface area contributed by atoms with Crippen molar-refractivity contribution in [1.29, 1.82) is 0 Å². The Kier molecular flexibility index (Phi) is 7.82. The highest BCUT2D eigenvalue weighted by Gasteiger charge is 2.08. The van der Waals surface area contributed by atoms with Gasteiger partial charge in [0.2, 0.25) is 5.82 Å². The first kappa shape index (κ1) is 18.0. The second kappa shape index (κ2) is 10.4. The molecule has 0 spiro atoms. The van der Waals surface area contributed by atoms with E-state index in [2.05, 4.69) is 30.8 Å². The van der Waals surface area contributed by atoms with Gasteiger partial charge in [0, 0.05) is 39.3 Å². The second-order valence-corrected chi connectivity index (χ2v) is 5.07. The molecule has 0 aliphatic rings. The number of hydrogen-bond acceptors (Lipinski definition) is 5. The lowest BCUT2D eigenvalue weighted by Gasteiger charge is -2.10. The van der Waals surface area contributed by atoms with E-state index < -0.39 is 0 Å². The fourth-order valence-electron chi connectivity index (χ4n) is 2.07. The van der Waals surface area contributed by atoms with Gasteiger partial charge in [0.1, 0.15) is 5.82 Å². The summed E-state index contributed by atoms with van der Waals surface area (Å²) < 4.78 is 10.6. The van der Waals surface area contributed by atoms with Gasteiger partial charge < -0.3 is 19.8 Å². The van der Waals surface area contributed by atoms with Crippen LogP contribution in [-0.2, 0) is 11.2 Å². The van der Waals surface area contributed by atoms with Gasteiger partial charge in [-0.15, -0.1) is 0 Å². The second-order valence-electron chi connectivity index (χ2n) is 5.07. The van der Waals surface area contributed by atoms with Crippen LogP contribution in [-0.4, -0.2) is 54.0 Å². The molecule has 2 heterocycles. The van der Waals surface area contributed by atoms with E-state index in [0.29, 0.717) is 18.1 Å². The van der Waals surface area contributed by atoms with E-state index >= 15 is 0 Å². The molecule has 0 aliphatic carbocycles. The van der Waals surface area contributed by atoms with Gasteiger partial charge in [-0.2, -0.15) is 5.10 Å². The van der Waals surface area contributed by atoms with E-state index in [9.17, 15) is 0 Å². The van der Waals surface area contributed by atoms with Crippen molar-refractivity contribution >= 4 is 5.96 Å². The Morgan fingerprint density at radius 3 is 3.04 bits per heavy atom. The molecule has 0 atom stereocenters. The fourth-order valence-corrected chi connectivity index (χ4v) is 2.07. The molecule has 24 heavy (non-hydrogen) atoms. The van der Waals surface area contributed by atoms with Crippen molar-refractivity contribution in [3.8, 4) is 11.6 Å². The minimum atomic E-state index is 0.575. The van der Waals surface area contributed by atoms with E-state index in [1.165, 1.54) is 0 Å². The molecule has 0 unspecified atom stereocenters. The molecule has 2 rings (SSSR count). The van der Waals surface area contributed by atoms with Crippen LogP contribution in [0, 0.1) is 0 Å². The summed E-state index contributed by atoms with van der Waals surface area (Å²) in [4.78, 5) is 8.93. The molecule has 0 aromatic carbocycles. The number of rotatable bonds is 10. The topological polar surface area (TPSA) is 100 Å². The maximum Gasteiger partial charge on any atom is 0.216 e. The summed E-state index contributed by atoms with van der Waals surface area (Å²) in [6.07, 6.45) is 3.24. The summed E-state index contributed by atoms with van der Waals surface area (Å²) in [5.41, 5.74) is 0. The Labute approximate surface area is 142 Å². The molecule has 0 amide bonds.